The third-order valence-corrected chi connectivity index (χ3v) is 5.48. The normalized spacial score (nSPS) is 11.5. The van der Waals surface area contributed by atoms with Crippen LogP contribution in [0.15, 0.2) is 47.4 Å². The minimum atomic E-state index is -3.66. The van der Waals surface area contributed by atoms with Crippen LogP contribution in [-0.2, 0) is 16.4 Å². The van der Waals surface area contributed by atoms with Gasteiger partial charge in [0.1, 0.15) is 0 Å². The summed E-state index contributed by atoms with van der Waals surface area (Å²) in [6.45, 7) is 5.79. The monoisotopic (exact) mass is 371 g/mol. The molecule has 7 nitrogen and oxygen atoms in total. The highest BCUT2D eigenvalue weighted by molar-refractivity contribution is 7.92. The summed E-state index contributed by atoms with van der Waals surface area (Å²) in [4.78, 5) is 0.234. The van der Waals surface area contributed by atoms with Crippen LogP contribution in [0.1, 0.15) is 30.3 Å². The molecule has 1 aromatic heterocycles. The maximum Gasteiger partial charge on any atom is 0.261 e. The molecule has 0 saturated heterocycles. The lowest BCUT2D eigenvalue weighted by Gasteiger charge is -2.12. The van der Waals surface area contributed by atoms with Crippen LogP contribution < -0.4 is 4.72 Å². The number of aryl methyl sites for hydroxylation is 3. The van der Waals surface area contributed by atoms with E-state index in [1.54, 1.807) is 35.9 Å². The highest BCUT2D eigenvalue weighted by Gasteiger charge is 2.15. The van der Waals surface area contributed by atoms with E-state index >= 15 is 0 Å². The molecule has 0 unspecified atom stereocenters. The third kappa shape index (κ3) is 3.75. The summed E-state index contributed by atoms with van der Waals surface area (Å²) in [7, 11) is -3.66. The topological polar surface area (TPSA) is 89.8 Å². The molecule has 0 atom stereocenters. The molecule has 0 aliphatic heterocycles. The maximum atomic E-state index is 12.7. The Hall–Kier alpha value is -2.74. The molecule has 1 heterocycles. The minimum absolute atomic E-state index is 0.234. The summed E-state index contributed by atoms with van der Waals surface area (Å²) in [5.41, 5.74) is 3.25. The van der Waals surface area contributed by atoms with Gasteiger partial charge in [-0.2, -0.15) is 4.68 Å². The standard InChI is InChI=1S/C18H21N5O2S/c1-4-5-15-7-10-17(11-8-15)26(24,25)20-16-9-6-13(2)18(12-16)23-14(3)19-21-22-23/h6-12,20H,4-5H2,1-3H3. The number of sulfonamides is 1. The second kappa shape index (κ2) is 7.25. The average molecular weight is 371 g/mol. The number of hydrogen-bond acceptors (Lipinski definition) is 5. The van der Waals surface area contributed by atoms with Crippen molar-refractivity contribution < 1.29 is 8.42 Å². The first-order valence-corrected chi connectivity index (χ1v) is 9.87. The number of benzene rings is 2. The van der Waals surface area contributed by atoms with Crippen molar-refractivity contribution in [2.45, 2.75) is 38.5 Å². The molecule has 0 spiro atoms. The van der Waals surface area contributed by atoms with E-state index in [0.29, 0.717) is 11.5 Å². The van der Waals surface area contributed by atoms with E-state index in [9.17, 15) is 8.42 Å². The molecule has 0 bridgehead atoms. The van der Waals surface area contributed by atoms with Gasteiger partial charge in [-0.25, -0.2) is 8.42 Å². The molecule has 3 aromatic rings. The SMILES string of the molecule is CCCc1ccc(S(=O)(=O)Nc2ccc(C)c(-n3nnnc3C)c2)cc1. The van der Waals surface area contributed by atoms with Crippen molar-refractivity contribution in [2.24, 2.45) is 0 Å². The first-order valence-electron chi connectivity index (χ1n) is 8.38. The van der Waals surface area contributed by atoms with Crippen LogP contribution >= 0.6 is 0 Å². The molecule has 0 radical (unpaired) electrons. The van der Waals surface area contributed by atoms with Crippen LogP contribution in [-0.4, -0.2) is 28.6 Å². The zero-order valence-electron chi connectivity index (χ0n) is 15.0. The fourth-order valence-corrected chi connectivity index (χ4v) is 3.74. The first-order chi connectivity index (χ1) is 12.4. The Balaban J connectivity index is 1.89. The summed E-state index contributed by atoms with van der Waals surface area (Å²) in [6.07, 6.45) is 1.95. The second-order valence-electron chi connectivity index (χ2n) is 6.14. The number of rotatable bonds is 6. The lowest BCUT2D eigenvalue weighted by molar-refractivity contribution is 0.601. The van der Waals surface area contributed by atoms with Crippen LogP contribution in [0.2, 0.25) is 0 Å². The van der Waals surface area contributed by atoms with E-state index in [1.807, 2.05) is 25.1 Å². The van der Waals surface area contributed by atoms with Crippen molar-refractivity contribution in [1.82, 2.24) is 20.2 Å². The zero-order chi connectivity index (χ0) is 18.7. The molecular weight excluding hydrogens is 350 g/mol. The molecule has 2 aromatic carbocycles. The summed E-state index contributed by atoms with van der Waals surface area (Å²) in [5, 5.41) is 11.5. The van der Waals surface area contributed by atoms with Crippen LogP contribution in [0.4, 0.5) is 5.69 Å². The molecule has 0 amide bonds. The summed E-state index contributed by atoms with van der Waals surface area (Å²) in [6, 6.07) is 12.2. The summed E-state index contributed by atoms with van der Waals surface area (Å²) < 4.78 is 29.5. The Bertz CT molecular complexity index is 1010. The fraction of sp³-hybridized carbons (Fsp3) is 0.278. The van der Waals surface area contributed by atoms with Crippen LogP contribution in [0.25, 0.3) is 5.69 Å². The predicted octanol–water partition coefficient (Wildman–Crippen LogP) is 3.03. The van der Waals surface area contributed by atoms with E-state index in [0.717, 1.165) is 29.7 Å². The number of anilines is 1. The molecule has 1 N–H and O–H groups in total. The molecular formula is C18H21N5O2S. The largest absolute Gasteiger partial charge is 0.280 e. The van der Waals surface area contributed by atoms with Gasteiger partial charge < -0.3 is 0 Å². The zero-order valence-corrected chi connectivity index (χ0v) is 15.8. The average Bonchev–Trinajstić information content (AvgIpc) is 3.03. The number of hydrogen-bond donors (Lipinski definition) is 1. The molecule has 0 aliphatic carbocycles. The van der Waals surface area contributed by atoms with Gasteiger partial charge in [-0.1, -0.05) is 31.5 Å². The Morgan fingerprint density at radius 2 is 1.81 bits per heavy atom. The molecule has 0 aliphatic rings. The molecule has 0 fully saturated rings. The van der Waals surface area contributed by atoms with Gasteiger partial charge >= 0.3 is 0 Å². The number of nitrogens with one attached hydrogen (secondary N) is 1. The number of aromatic nitrogens is 4. The molecule has 8 heteroatoms. The van der Waals surface area contributed by atoms with E-state index in [1.165, 1.54) is 0 Å². The van der Waals surface area contributed by atoms with Crippen LogP contribution in [0.5, 0.6) is 0 Å². The van der Waals surface area contributed by atoms with Gasteiger partial charge in [0.25, 0.3) is 10.0 Å². The first kappa shape index (κ1) is 18.1. The van der Waals surface area contributed by atoms with Gasteiger partial charge in [0.15, 0.2) is 5.82 Å². The highest BCUT2D eigenvalue weighted by Crippen LogP contribution is 2.22. The number of nitrogens with zero attached hydrogens (tertiary/aromatic N) is 4. The third-order valence-electron chi connectivity index (χ3n) is 4.09. The van der Waals surface area contributed by atoms with E-state index in [2.05, 4.69) is 27.2 Å². The lowest BCUT2D eigenvalue weighted by Crippen LogP contribution is -2.13. The quantitative estimate of drug-likeness (QED) is 0.719. The van der Waals surface area contributed by atoms with Crippen molar-refractivity contribution >= 4 is 15.7 Å². The summed E-state index contributed by atoms with van der Waals surface area (Å²) in [5.74, 6) is 0.625. The van der Waals surface area contributed by atoms with Crippen molar-refractivity contribution in [2.75, 3.05) is 4.72 Å². The molecule has 0 saturated carbocycles. The molecule has 136 valence electrons. The Kier molecular flexibility index (Phi) is 5.03. The minimum Gasteiger partial charge on any atom is -0.280 e. The van der Waals surface area contributed by atoms with Gasteiger partial charge in [0.2, 0.25) is 0 Å². The van der Waals surface area contributed by atoms with Crippen molar-refractivity contribution in [3.05, 3.63) is 59.4 Å². The molecule has 3 rings (SSSR count). The Labute approximate surface area is 153 Å². The van der Waals surface area contributed by atoms with Gasteiger partial charge in [0.05, 0.1) is 16.3 Å². The Morgan fingerprint density at radius 1 is 1.08 bits per heavy atom. The van der Waals surface area contributed by atoms with E-state index in [-0.39, 0.29) is 4.90 Å². The van der Waals surface area contributed by atoms with Gasteiger partial charge in [0, 0.05) is 0 Å². The lowest BCUT2D eigenvalue weighted by atomic mass is 10.1. The maximum absolute atomic E-state index is 12.7. The van der Waals surface area contributed by atoms with Crippen molar-refractivity contribution in [3.63, 3.8) is 0 Å². The predicted molar refractivity (Wildman–Crippen MR) is 99.9 cm³/mol. The summed E-state index contributed by atoms with van der Waals surface area (Å²) >= 11 is 0. The Morgan fingerprint density at radius 3 is 2.42 bits per heavy atom. The van der Waals surface area contributed by atoms with Gasteiger partial charge in [-0.3, -0.25) is 4.72 Å². The molecule has 26 heavy (non-hydrogen) atoms. The second-order valence-corrected chi connectivity index (χ2v) is 7.82. The van der Waals surface area contributed by atoms with Crippen molar-refractivity contribution in [1.29, 1.82) is 0 Å². The van der Waals surface area contributed by atoms with Gasteiger partial charge in [-0.05, 0) is 66.1 Å². The van der Waals surface area contributed by atoms with Crippen LogP contribution in [0, 0.1) is 13.8 Å². The smallest absolute Gasteiger partial charge is 0.261 e. The van der Waals surface area contributed by atoms with Crippen molar-refractivity contribution in [3.8, 4) is 5.69 Å². The fourth-order valence-electron chi connectivity index (χ4n) is 2.69. The van der Waals surface area contributed by atoms with Gasteiger partial charge in [-0.15, -0.1) is 5.10 Å². The van der Waals surface area contributed by atoms with Crippen LogP contribution in [0.3, 0.4) is 0 Å². The van der Waals surface area contributed by atoms with E-state index < -0.39 is 10.0 Å². The number of tetrazole rings is 1. The highest BCUT2D eigenvalue weighted by atomic mass is 32.2. The van der Waals surface area contributed by atoms with E-state index in [4.69, 9.17) is 0 Å².